The molecule has 0 radical (unpaired) electrons. The van der Waals surface area contributed by atoms with Gasteiger partial charge in [0.1, 0.15) is 16.8 Å². The fraction of sp³-hybridized carbons (Fsp3) is 0.583. The molecule has 3 heterocycles. The third-order valence-electron chi connectivity index (χ3n) is 3.52. The van der Waals surface area contributed by atoms with Crippen LogP contribution in [-0.4, -0.2) is 28.3 Å². The first-order valence-electron chi connectivity index (χ1n) is 6.14. The normalized spacial score (nSPS) is 28.2. The molecule has 92 valence electrons. The molecular weight excluding hydrogens is 234 g/mol. The highest BCUT2D eigenvalue weighted by molar-refractivity contribution is 7.83. The summed E-state index contributed by atoms with van der Waals surface area (Å²) < 4.78 is 15.3. The van der Waals surface area contributed by atoms with E-state index in [4.69, 9.17) is 0 Å². The van der Waals surface area contributed by atoms with Crippen molar-refractivity contribution in [3.8, 4) is 0 Å². The second-order valence-corrected chi connectivity index (χ2v) is 6.06. The summed E-state index contributed by atoms with van der Waals surface area (Å²) in [6.07, 6.45) is 5.50. The zero-order chi connectivity index (χ0) is 11.8. The highest BCUT2D eigenvalue weighted by atomic mass is 32.2. The van der Waals surface area contributed by atoms with Gasteiger partial charge in [0.2, 0.25) is 0 Å². The van der Waals surface area contributed by atoms with Crippen molar-refractivity contribution in [2.75, 3.05) is 18.0 Å². The van der Waals surface area contributed by atoms with Gasteiger partial charge in [-0.1, -0.05) is 0 Å². The molecule has 0 aliphatic carbocycles. The van der Waals surface area contributed by atoms with Crippen LogP contribution in [0.2, 0.25) is 0 Å². The summed E-state index contributed by atoms with van der Waals surface area (Å²) in [5, 5.41) is 0. The van der Waals surface area contributed by atoms with Gasteiger partial charge < -0.3 is 4.90 Å². The van der Waals surface area contributed by atoms with Crippen LogP contribution >= 0.6 is 0 Å². The number of pyridine rings is 1. The van der Waals surface area contributed by atoms with Crippen molar-refractivity contribution >= 4 is 16.8 Å². The lowest BCUT2D eigenvalue weighted by Gasteiger charge is -2.35. The van der Waals surface area contributed by atoms with E-state index in [1.165, 1.54) is 19.3 Å². The third kappa shape index (κ3) is 1.98. The molecule has 1 aromatic rings. The minimum Gasteiger partial charge on any atom is -0.351 e. The van der Waals surface area contributed by atoms with Crippen molar-refractivity contribution in [3.05, 3.63) is 17.8 Å². The molecule has 17 heavy (non-hydrogen) atoms. The molecule has 2 atom stereocenters. The number of hydrogen-bond acceptors (Lipinski definition) is 3. The van der Waals surface area contributed by atoms with Gasteiger partial charge in [-0.2, -0.15) is 0 Å². The molecule has 1 fully saturated rings. The van der Waals surface area contributed by atoms with Gasteiger partial charge >= 0.3 is 0 Å². The number of aromatic nitrogens is 1. The SMILES string of the molecule is Cc1cnc2c(c1)S(=O)NC[C@@H]1CCCCN21. The van der Waals surface area contributed by atoms with E-state index in [0.717, 1.165) is 29.4 Å². The van der Waals surface area contributed by atoms with E-state index in [1.54, 1.807) is 0 Å². The van der Waals surface area contributed by atoms with Crippen LogP contribution in [0.25, 0.3) is 0 Å². The number of aryl methyl sites for hydroxylation is 1. The van der Waals surface area contributed by atoms with Crippen LogP contribution in [0.4, 0.5) is 5.82 Å². The molecule has 2 aliphatic heterocycles. The smallest absolute Gasteiger partial charge is 0.146 e. The van der Waals surface area contributed by atoms with E-state index in [2.05, 4.69) is 14.6 Å². The Balaban J connectivity index is 2.08. The Morgan fingerprint density at radius 1 is 1.53 bits per heavy atom. The van der Waals surface area contributed by atoms with Gasteiger partial charge in [0.25, 0.3) is 0 Å². The van der Waals surface area contributed by atoms with Gasteiger partial charge in [0, 0.05) is 25.3 Å². The molecule has 1 unspecified atom stereocenters. The number of rotatable bonds is 0. The first-order chi connectivity index (χ1) is 8.25. The fourth-order valence-corrected chi connectivity index (χ4v) is 3.76. The zero-order valence-electron chi connectivity index (χ0n) is 9.98. The van der Waals surface area contributed by atoms with E-state index < -0.39 is 11.0 Å². The van der Waals surface area contributed by atoms with Crippen LogP contribution < -0.4 is 9.62 Å². The van der Waals surface area contributed by atoms with Crippen LogP contribution in [0.15, 0.2) is 17.2 Å². The maximum Gasteiger partial charge on any atom is 0.146 e. The van der Waals surface area contributed by atoms with E-state index >= 15 is 0 Å². The van der Waals surface area contributed by atoms with Gasteiger partial charge in [-0.05, 0) is 37.8 Å². The molecule has 1 aromatic heterocycles. The topological polar surface area (TPSA) is 45.2 Å². The Bertz CT molecular complexity index is 463. The Morgan fingerprint density at radius 3 is 3.29 bits per heavy atom. The van der Waals surface area contributed by atoms with Crippen LogP contribution in [0.1, 0.15) is 24.8 Å². The molecular formula is C12H17N3OS. The summed E-state index contributed by atoms with van der Waals surface area (Å²) in [6, 6.07) is 2.44. The largest absolute Gasteiger partial charge is 0.351 e. The number of hydrogen-bond donors (Lipinski definition) is 1. The summed E-state index contributed by atoms with van der Waals surface area (Å²) in [5.74, 6) is 0.920. The van der Waals surface area contributed by atoms with E-state index in [0.29, 0.717) is 6.04 Å². The quantitative estimate of drug-likeness (QED) is 0.757. The van der Waals surface area contributed by atoms with Crippen LogP contribution in [0.5, 0.6) is 0 Å². The second-order valence-electron chi connectivity index (χ2n) is 4.79. The van der Waals surface area contributed by atoms with Crippen LogP contribution in [0.3, 0.4) is 0 Å². The number of nitrogens with one attached hydrogen (secondary N) is 1. The predicted molar refractivity (Wildman–Crippen MR) is 68.4 cm³/mol. The highest BCUT2D eigenvalue weighted by Gasteiger charge is 2.30. The zero-order valence-corrected chi connectivity index (χ0v) is 10.8. The van der Waals surface area contributed by atoms with Crippen molar-refractivity contribution in [1.29, 1.82) is 0 Å². The van der Waals surface area contributed by atoms with Gasteiger partial charge in [0.05, 0.1) is 4.90 Å². The molecule has 0 amide bonds. The number of fused-ring (bicyclic) bond motifs is 3. The number of nitrogens with zero attached hydrogens (tertiary/aromatic N) is 2. The molecule has 0 saturated carbocycles. The van der Waals surface area contributed by atoms with Crippen molar-refractivity contribution in [2.24, 2.45) is 0 Å². The summed E-state index contributed by atoms with van der Waals surface area (Å²) in [4.78, 5) is 7.68. The second kappa shape index (κ2) is 4.38. The summed E-state index contributed by atoms with van der Waals surface area (Å²) >= 11 is 0. The van der Waals surface area contributed by atoms with E-state index in [-0.39, 0.29) is 0 Å². The molecule has 4 nitrogen and oxygen atoms in total. The number of piperidine rings is 1. The highest BCUT2D eigenvalue weighted by Crippen LogP contribution is 2.30. The fourth-order valence-electron chi connectivity index (χ4n) is 2.63. The summed E-state index contributed by atoms with van der Waals surface area (Å²) in [5.41, 5.74) is 1.06. The van der Waals surface area contributed by atoms with Crippen molar-refractivity contribution < 1.29 is 4.21 Å². The maximum atomic E-state index is 12.1. The van der Waals surface area contributed by atoms with Crippen molar-refractivity contribution in [3.63, 3.8) is 0 Å². The molecule has 5 heteroatoms. The first-order valence-corrected chi connectivity index (χ1v) is 7.29. The molecule has 2 aliphatic rings. The third-order valence-corrected chi connectivity index (χ3v) is 4.65. The Kier molecular flexibility index (Phi) is 2.88. The monoisotopic (exact) mass is 251 g/mol. The lowest BCUT2D eigenvalue weighted by Crippen LogP contribution is -2.44. The van der Waals surface area contributed by atoms with Gasteiger partial charge in [-0.25, -0.2) is 13.9 Å². The summed E-state index contributed by atoms with van der Waals surface area (Å²) in [7, 11) is -1.11. The Labute approximate surface area is 104 Å². The number of anilines is 1. The average Bonchev–Trinajstić information content (AvgIpc) is 2.48. The van der Waals surface area contributed by atoms with Crippen molar-refractivity contribution in [2.45, 2.75) is 37.1 Å². The molecule has 1 N–H and O–H groups in total. The van der Waals surface area contributed by atoms with Crippen LogP contribution in [0, 0.1) is 6.92 Å². The molecule has 3 rings (SSSR count). The van der Waals surface area contributed by atoms with E-state index in [1.807, 2.05) is 19.2 Å². The Hall–Kier alpha value is -0.940. The molecule has 0 spiro atoms. The Morgan fingerprint density at radius 2 is 2.41 bits per heavy atom. The van der Waals surface area contributed by atoms with Gasteiger partial charge in [0.15, 0.2) is 0 Å². The molecule has 0 aromatic carbocycles. The molecule has 1 saturated heterocycles. The maximum absolute atomic E-state index is 12.1. The summed E-state index contributed by atoms with van der Waals surface area (Å²) in [6.45, 7) is 3.82. The van der Waals surface area contributed by atoms with Crippen molar-refractivity contribution in [1.82, 2.24) is 9.71 Å². The predicted octanol–water partition coefficient (Wildman–Crippen LogP) is 1.37. The minimum atomic E-state index is -1.11. The van der Waals surface area contributed by atoms with E-state index in [9.17, 15) is 4.21 Å². The minimum absolute atomic E-state index is 0.448. The lowest BCUT2D eigenvalue weighted by molar-refractivity contribution is 0.455. The first kappa shape index (κ1) is 11.2. The average molecular weight is 251 g/mol. The van der Waals surface area contributed by atoms with Crippen LogP contribution in [-0.2, 0) is 11.0 Å². The lowest BCUT2D eigenvalue weighted by atomic mass is 10.0. The van der Waals surface area contributed by atoms with Gasteiger partial charge in [-0.15, -0.1) is 0 Å². The standard InChI is InChI=1S/C12H17N3OS/c1-9-6-11-12(13-7-9)15-5-3-2-4-10(15)8-14-17(11)16/h6-7,10,14H,2-5,8H2,1H3/t10-,17?/m0/s1. The van der Waals surface area contributed by atoms with Gasteiger partial charge in [-0.3, -0.25) is 0 Å². The molecule has 0 bridgehead atoms.